The van der Waals surface area contributed by atoms with Gasteiger partial charge in [0.15, 0.2) is 0 Å². The molecule has 24 heavy (non-hydrogen) atoms. The summed E-state index contributed by atoms with van der Waals surface area (Å²) in [5.41, 5.74) is 0.0694. The first kappa shape index (κ1) is 16.9. The number of nitrogens with one attached hydrogen (secondary N) is 1. The highest BCUT2D eigenvalue weighted by Gasteiger charge is 2.32. The van der Waals surface area contributed by atoms with E-state index in [1.165, 1.54) is 6.07 Å². The van der Waals surface area contributed by atoms with Crippen LogP contribution in [0.5, 0.6) is 0 Å². The number of alkyl halides is 3. The van der Waals surface area contributed by atoms with Crippen LogP contribution < -0.4 is 5.32 Å². The van der Waals surface area contributed by atoms with E-state index in [0.717, 1.165) is 42.3 Å². The molecule has 0 unspecified atom stereocenters. The number of amides is 1. The molecule has 2 aromatic rings. The van der Waals surface area contributed by atoms with Gasteiger partial charge in [0, 0.05) is 10.9 Å². The van der Waals surface area contributed by atoms with Crippen molar-refractivity contribution in [1.82, 2.24) is 5.32 Å². The Morgan fingerprint density at radius 3 is 2.42 bits per heavy atom. The molecule has 1 aliphatic carbocycles. The molecule has 2 aromatic carbocycles. The van der Waals surface area contributed by atoms with Crippen LogP contribution in [0.15, 0.2) is 59.5 Å². The van der Waals surface area contributed by atoms with E-state index in [4.69, 9.17) is 0 Å². The lowest BCUT2D eigenvalue weighted by atomic mass is 10.1. The van der Waals surface area contributed by atoms with Crippen molar-refractivity contribution >= 4 is 17.7 Å². The van der Waals surface area contributed by atoms with Crippen molar-refractivity contribution in [3.63, 3.8) is 0 Å². The van der Waals surface area contributed by atoms with Gasteiger partial charge >= 0.3 is 6.18 Å². The molecule has 126 valence electrons. The smallest absolute Gasteiger partial charge is 0.352 e. The quantitative estimate of drug-likeness (QED) is 0.783. The number of halogens is 3. The Balaban J connectivity index is 1.85. The first-order chi connectivity index (χ1) is 11.4. The summed E-state index contributed by atoms with van der Waals surface area (Å²) < 4.78 is 38.6. The minimum Gasteiger partial charge on any atom is -0.352 e. The molecule has 1 N–H and O–H groups in total. The van der Waals surface area contributed by atoms with Crippen LogP contribution in [0.4, 0.5) is 13.2 Å². The van der Waals surface area contributed by atoms with Crippen LogP contribution in [0.25, 0.3) is 0 Å². The summed E-state index contributed by atoms with van der Waals surface area (Å²) in [4.78, 5) is 12.9. The Morgan fingerprint density at radius 1 is 1.08 bits per heavy atom. The van der Waals surface area contributed by atoms with E-state index in [0.29, 0.717) is 4.90 Å². The number of rotatable bonds is 5. The molecule has 1 aliphatic rings. The Kier molecular flexibility index (Phi) is 4.85. The van der Waals surface area contributed by atoms with E-state index in [9.17, 15) is 18.0 Å². The van der Waals surface area contributed by atoms with Gasteiger partial charge in [0.05, 0.1) is 5.56 Å². The number of hydrogen-bond acceptors (Lipinski definition) is 2. The van der Waals surface area contributed by atoms with Crippen LogP contribution in [-0.4, -0.2) is 11.9 Å². The largest absolute Gasteiger partial charge is 0.416 e. The van der Waals surface area contributed by atoms with Gasteiger partial charge in [0.25, 0.3) is 0 Å². The fourth-order valence-electron chi connectivity index (χ4n) is 2.29. The molecule has 1 fully saturated rings. The highest BCUT2D eigenvalue weighted by Crippen LogP contribution is 2.39. The second-order valence-corrected chi connectivity index (χ2v) is 6.90. The molecule has 2 nitrogen and oxygen atoms in total. The summed E-state index contributed by atoms with van der Waals surface area (Å²) in [6.07, 6.45) is -2.47. The van der Waals surface area contributed by atoms with Gasteiger partial charge in [-0.15, -0.1) is 11.8 Å². The van der Waals surface area contributed by atoms with Crippen molar-refractivity contribution in [3.8, 4) is 0 Å². The lowest BCUT2D eigenvalue weighted by Crippen LogP contribution is -2.29. The Bertz CT molecular complexity index is 714. The number of thioether (sulfide) groups is 1. The first-order valence-corrected chi connectivity index (χ1v) is 8.51. The van der Waals surface area contributed by atoms with Gasteiger partial charge in [-0.25, -0.2) is 0 Å². The third kappa shape index (κ3) is 4.32. The maximum absolute atomic E-state index is 12.9. The standard InChI is InChI=1S/C18H16F3NOS/c19-18(20,21)13-7-4-8-15(11-13)24-16(12-5-2-1-3-6-12)17(23)22-14-9-10-14/h1-8,11,14,16H,9-10H2,(H,22,23)/t16-/m0/s1. The average molecular weight is 351 g/mol. The van der Waals surface area contributed by atoms with Crippen molar-refractivity contribution in [2.45, 2.75) is 35.2 Å². The van der Waals surface area contributed by atoms with Crippen LogP contribution in [0.3, 0.4) is 0 Å². The van der Waals surface area contributed by atoms with Crippen molar-refractivity contribution in [2.75, 3.05) is 0 Å². The number of carbonyl (C=O) groups excluding carboxylic acids is 1. The van der Waals surface area contributed by atoms with E-state index >= 15 is 0 Å². The predicted molar refractivity (Wildman–Crippen MR) is 87.6 cm³/mol. The molecule has 3 rings (SSSR count). The molecule has 0 aromatic heterocycles. The number of hydrogen-bond donors (Lipinski definition) is 1. The molecule has 1 atom stereocenters. The van der Waals surface area contributed by atoms with E-state index in [1.54, 1.807) is 6.07 Å². The van der Waals surface area contributed by atoms with E-state index in [2.05, 4.69) is 5.32 Å². The second-order valence-electron chi connectivity index (χ2n) is 5.72. The Morgan fingerprint density at radius 2 is 1.79 bits per heavy atom. The van der Waals surface area contributed by atoms with Crippen molar-refractivity contribution < 1.29 is 18.0 Å². The molecule has 0 radical (unpaired) electrons. The van der Waals surface area contributed by atoms with Crippen LogP contribution >= 0.6 is 11.8 Å². The highest BCUT2D eigenvalue weighted by molar-refractivity contribution is 8.00. The minimum absolute atomic E-state index is 0.161. The molecular formula is C18H16F3NOS. The molecule has 0 bridgehead atoms. The number of carbonyl (C=O) groups is 1. The highest BCUT2D eigenvalue weighted by atomic mass is 32.2. The molecule has 0 heterocycles. The maximum Gasteiger partial charge on any atom is 0.416 e. The molecule has 0 aliphatic heterocycles. The van der Waals surface area contributed by atoms with E-state index in [1.807, 2.05) is 30.3 Å². The average Bonchev–Trinajstić information content (AvgIpc) is 3.37. The zero-order valence-corrected chi connectivity index (χ0v) is 13.5. The van der Waals surface area contributed by atoms with Gasteiger partial charge in [-0.05, 0) is 36.6 Å². The van der Waals surface area contributed by atoms with Gasteiger partial charge in [-0.1, -0.05) is 36.4 Å². The fourth-order valence-corrected chi connectivity index (χ4v) is 3.38. The number of benzene rings is 2. The lowest BCUT2D eigenvalue weighted by molar-refractivity contribution is -0.137. The summed E-state index contributed by atoms with van der Waals surface area (Å²) in [5, 5.41) is 2.36. The minimum atomic E-state index is -4.39. The lowest BCUT2D eigenvalue weighted by Gasteiger charge is -2.17. The van der Waals surface area contributed by atoms with Crippen LogP contribution in [-0.2, 0) is 11.0 Å². The molecule has 0 spiro atoms. The van der Waals surface area contributed by atoms with Crippen LogP contribution in [0, 0.1) is 0 Å². The SMILES string of the molecule is O=C(NC1CC1)[C@@H](Sc1cccc(C(F)(F)F)c1)c1ccccc1. The van der Waals surface area contributed by atoms with Crippen LogP contribution in [0.1, 0.15) is 29.2 Å². The van der Waals surface area contributed by atoms with E-state index < -0.39 is 17.0 Å². The first-order valence-electron chi connectivity index (χ1n) is 7.63. The zero-order valence-electron chi connectivity index (χ0n) is 12.7. The van der Waals surface area contributed by atoms with Gasteiger partial charge < -0.3 is 5.32 Å². The van der Waals surface area contributed by atoms with Gasteiger partial charge in [-0.2, -0.15) is 13.2 Å². The zero-order chi connectivity index (χ0) is 17.2. The second kappa shape index (κ2) is 6.89. The van der Waals surface area contributed by atoms with Crippen molar-refractivity contribution in [1.29, 1.82) is 0 Å². The maximum atomic E-state index is 12.9. The summed E-state index contributed by atoms with van der Waals surface area (Å²) in [7, 11) is 0. The molecule has 1 amide bonds. The predicted octanol–water partition coefficient (Wildman–Crippen LogP) is 4.82. The van der Waals surface area contributed by atoms with Crippen LogP contribution in [0.2, 0.25) is 0 Å². The molecule has 6 heteroatoms. The fraction of sp³-hybridized carbons (Fsp3) is 0.278. The van der Waals surface area contributed by atoms with E-state index in [-0.39, 0.29) is 11.9 Å². The summed E-state index contributed by atoms with van der Waals surface area (Å²) in [6, 6.07) is 14.4. The third-order valence-corrected chi connectivity index (χ3v) is 4.93. The Hall–Kier alpha value is -1.95. The van der Waals surface area contributed by atoms with Crippen molar-refractivity contribution in [3.05, 3.63) is 65.7 Å². The van der Waals surface area contributed by atoms with Gasteiger partial charge in [-0.3, -0.25) is 4.79 Å². The molecule has 1 saturated carbocycles. The van der Waals surface area contributed by atoms with Gasteiger partial charge in [0.1, 0.15) is 5.25 Å². The van der Waals surface area contributed by atoms with Crippen molar-refractivity contribution in [2.24, 2.45) is 0 Å². The summed E-state index contributed by atoms with van der Waals surface area (Å²) in [5.74, 6) is -0.161. The third-order valence-electron chi connectivity index (χ3n) is 3.68. The Labute approximate surface area is 142 Å². The monoisotopic (exact) mass is 351 g/mol. The van der Waals surface area contributed by atoms with Gasteiger partial charge in [0.2, 0.25) is 5.91 Å². The normalized spacial score (nSPS) is 15.8. The summed E-state index contributed by atoms with van der Waals surface area (Å²) in [6.45, 7) is 0. The molecule has 0 saturated heterocycles. The summed E-state index contributed by atoms with van der Waals surface area (Å²) >= 11 is 1.14. The molecular weight excluding hydrogens is 335 g/mol. The topological polar surface area (TPSA) is 29.1 Å².